The Bertz CT molecular complexity index is 301. The van der Waals surface area contributed by atoms with Gasteiger partial charge in [0.15, 0.2) is 0 Å². The highest BCUT2D eigenvalue weighted by Gasteiger charge is 2.59. The summed E-state index contributed by atoms with van der Waals surface area (Å²) >= 11 is 0. The van der Waals surface area contributed by atoms with E-state index in [0.29, 0.717) is 0 Å². The van der Waals surface area contributed by atoms with E-state index in [1.807, 2.05) is 0 Å². The summed E-state index contributed by atoms with van der Waals surface area (Å²) in [6.45, 7) is 3.71. The van der Waals surface area contributed by atoms with Crippen molar-refractivity contribution in [3.63, 3.8) is 0 Å². The van der Waals surface area contributed by atoms with Gasteiger partial charge in [0.25, 0.3) is 5.78 Å². The number of ketones is 1. The standard InChI is InChI=1S/C10H14O5/c1-5-6-15-7-8(11)10(13-3,14-4)9(7)12-2/h5H,1,6H2,2-4H3. The molecule has 0 spiro atoms. The first-order valence-corrected chi connectivity index (χ1v) is 4.35. The van der Waals surface area contributed by atoms with Gasteiger partial charge in [-0.05, 0) is 0 Å². The van der Waals surface area contributed by atoms with Gasteiger partial charge in [-0.1, -0.05) is 12.7 Å². The molecule has 0 saturated carbocycles. The number of rotatable bonds is 6. The second-order valence-corrected chi connectivity index (χ2v) is 2.82. The molecule has 0 radical (unpaired) electrons. The Labute approximate surface area is 88.3 Å². The van der Waals surface area contributed by atoms with Crippen molar-refractivity contribution in [1.82, 2.24) is 0 Å². The zero-order valence-corrected chi connectivity index (χ0v) is 9.03. The van der Waals surface area contributed by atoms with E-state index in [1.54, 1.807) is 0 Å². The van der Waals surface area contributed by atoms with Gasteiger partial charge in [-0.25, -0.2) is 0 Å². The Balaban J connectivity index is 2.95. The minimum Gasteiger partial charge on any atom is -0.492 e. The van der Waals surface area contributed by atoms with E-state index in [1.165, 1.54) is 27.4 Å². The van der Waals surface area contributed by atoms with Crippen LogP contribution in [0.3, 0.4) is 0 Å². The van der Waals surface area contributed by atoms with Crippen molar-refractivity contribution in [3.05, 3.63) is 24.2 Å². The molecule has 0 aromatic heterocycles. The minimum absolute atomic E-state index is 0.126. The third kappa shape index (κ3) is 1.53. The van der Waals surface area contributed by atoms with Crippen LogP contribution >= 0.6 is 0 Å². The van der Waals surface area contributed by atoms with Crippen LogP contribution in [-0.2, 0) is 23.7 Å². The first kappa shape index (κ1) is 11.7. The second-order valence-electron chi connectivity index (χ2n) is 2.82. The van der Waals surface area contributed by atoms with Gasteiger partial charge in [0, 0.05) is 14.2 Å². The molecule has 0 amide bonds. The molecule has 0 N–H and O–H groups in total. The first-order chi connectivity index (χ1) is 7.17. The van der Waals surface area contributed by atoms with Gasteiger partial charge >= 0.3 is 5.79 Å². The lowest BCUT2D eigenvalue weighted by atomic mass is 9.94. The van der Waals surface area contributed by atoms with Crippen LogP contribution in [0.4, 0.5) is 0 Å². The van der Waals surface area contributed by atoms with E-state index in [-0.39, 0.29) is 23.9 Å². The second kappa shape index (κ2) is 4.46. The van der Waals surface area contributed by atoms with Crippen LogP contribution < -0.4 is 0 Å². The fourth-order valence-corrected chi connectivity index (χ4v) is 1.40. The zero-order chi connectivity index (χ0) is 11.5. The predicted octanol–water partition coefficient (Wildman–Crippen LogP) is 0.619. The lowest BCUT2D eigenvalue weighted by molar-refractivity contribution is -0.218. The largest absolute Gasteiger partial charge is 0.492 e. The lowest BCUT2D eigenvalue weighted by Crippen LogP contribution is -2.55. The average molecular weight is 214 g/mol. The van der Waals surface area contributed by atoms with Gasteiger partial charge in [-0.3, -0.25) is 4.79 Å². The van der Waals surface area contributed by atoms with E-state index in [9.17, 15) is 4.79 Å². The molecule has 5 nitrogen and oxygen atoms in total. The number of methoxy groups -OCH3 is 3. The monoisotopic (exact) mass is 214 g/mol. The Morgan fingerprint density at radius 1 is 1.33 bits per heavy atom. The number of Topliss-reactive ketones (excluding diaryl/α,β-unsaturated/α-hetero) is 1. The van der Waals surface area contributed by atoms with E-state index in [2.05, 4.69) is 6.58 Å². The zero-order valence-electron chi connectivity index (χ0n) is 9.03. The van der Waals surface area contributed by atoms with Crippen molar-refractivity contribution in [2.75, 3.05) is 27.9 Å². The van der Waals surface area contributed by atoms with Gasteiger partial charge in [-0.15, -0.1) is 0 Å². The van der Waals surface area contributed by atoms with Crippen LogP contribution in [0.15, 0.2) is 24.2 Å². The lowest BCUT2D eigenvalue weighted by Gasteiger charge is -2.38. The summed E-state index contributed by atoms with van der Waals surface area (Å²) in [7, 11) is 4.15. The van der Waals surface area contributed by atoms with Crippen molar-refractivity contribution in [2.24, 2.45) is 0 Å². The van der Waals surface area contributed by atoms with Crippen molar-refractivity contribution in [3.8, 4) is 0 Å². The molecule has 0 aliphatic heterocycles. The number of carbonyl (C=O) groups is 1. The summed E-state index contributed by atoms with van der Waals surface area (Å²) in [4.78, 5) is 11.7. The highest BCUT2D eigenvalue weighted by atomic mass is 16.7. The van der Waals surface area contributed by atoms with Crippen LogP contribution in [0.25, 0.3) is 0 Å². The van der Waals surface area contributed by atoms with Gasteiger partial charge < -0.3 is 18.9 Å². The summed E-state index contributed by atoms with van der Waals surface area (Å²) in [5.74, 6) is -1.45. The SMILES string of the molecule is C=CCOC1=C(OC)C(OC)(OC)C1=O. The third-order valence-corrected chi connectivity index (χ3v) is 2.13. The molecule has 0 bridgehead atoms. The molecule has 0 unspecified atom stereocenters. The molecule has 15 heavy (non-hydrogen) atoms. The van der Waals surface area contributed by atoms with E-state index in [4.69, 9.17) is 18.9 Å². The van der Waals surface area contributed by atoms with Crippen molar-refractivity contribution < 1.29 is 23.7 Å². The smallest absolute Gasteiger partial charge is 0.300 e. The summed E-state index contributed by atoms with van der Waals surface area (Å²) < 4.78 is 20.1. The van der Waals surface area contributed by atoms with Crippen molar-refractivity contribution in [1.29, 1.82) is 0 Å². The molecule has 1 rings (SSSR count). The van der Waals surface area contributed by atoms with Gasteiger partial charge in [0.1, 0.15) is 6.61 Å². The molecule has 1 aliphatic rings. The predicted molar refractivity (Wildman–Crippen MR) is 51.9 cm³/mol. The summed E-state index contributed by atoms with van der Waals surface area (Å²) in [6.07, 6.45) is 1.53. The number of carbonyl (C=O) groups excluding carboxylic acids is 1. The summed E-state index contributed by atoms with van der Waals surface area (Å²) in [5.41, 5.74) is 0. The van der Waals surface area contributed by atoms with E-state index in [0.717, 1.165) is 0 Å². The summed E-state index contributed by atoms with van der Waals surface area (Å²) in [5, 5.41) is 0. The van der Waals surface area contributed by atoms with Gasteiger partial charge in [-0.2, -0.15) is 0 Å². The molecule has 0 saturated heterocycles. The van der Waals surface area contributed by atoms with Crippen molar-refractivity contribution in [2.45, 2.75) is 5.79 Å². The normalized spacial score (nSPS) is 18.5. The molecule has 0 fully saturated rings. The van der Waals surface area contributed by atoms with Crippen LogP contribution in [0.5, 0.6) is 0 Å². The molecule has 0 aromatic rings. The van der Waals surface area contributed by atoms with E-state index < -0.39 is 5.79 Å². The topological polar surface area (TPSA) is 54.0 Å². The maximum absolute atomic E-state index is 11.7. The van der Waals surface area contributed by atoms with Crippen LogP contribution in [0.2, 0.25) is 0 Å². The van der Waals surface area contributed by atoms with Crippen LogP contribution in [0.1, 0.15) is 0 Å². The Morgan fingerprint density at radius 2 is 1.93 bits per heavy atom. The third-order valence-electron chi connectivity index (χ3n) is 2.13. The molecular formula is C10H14O5. The number of hydrogen-bond acceptors (Lipinski definition) is 5. The Hall–Kier alpha value is -1.33. The highest BCUT2D eigenvalue weighted by molar-refractivity contribution is 6.09. The number of ether oxygens (including phenoxy) is 4. The molecule has 0 heterocycles. The molecule has 1 aliphatic carbocycles. The maximum Gasteiger partial charge on any atom is 0.300 e. The Morgan fingerprint density at radius 3 is 2.33 bits per heavy atom. The minimum atomic E-state index is -1.44. The molecule has 0 aromatic carbocycles. The molecular weight excluding hydrogens is 200 g/mol. The van der Waals surface area contributed by atoms with Crippen LogP contribution in [-0.4, -0.2) is 39.5 Å². The van der Waals surface area contributed by atoms with Crippen LogP contribution in [0, 0.1) is 0 Å². The fourth-order valence-electron chi connectivity index (χ4n) is 1.40. The van der Waals surface area contributed by atoms with Gasteiger partial charge in [0.05, 0.1) is 7.11 Å². The molecule has 0 atom stereocenters. The Kier molecular flexibility index (Phi) is 3.49. The summed E-state index contributed by atoms with van der Waals surface area (Å²) in [6, 6.07) is 0. The highest BCUT2D eigenvalue weighted by Crippen LogP contribution is 2.39. The average Bonchev–Trinajstić information content (AvgIpc) is 2.27. The fraction of sp³-hybridized carbons (Fsp3) is 0.500. The molecule has 5 heteroatoms. The van der Waals surface area contributed by atoms with Crippen molar-refractivity contribution >= 4 is 5.78 Å². The maximum atomic E-state index is 11.7. The van der Waals surface area contributed by atoms with E-state index >= 15 is 0 Å². The molecule has 84 valence electrons. The van der Waals surface area contributed by atoms with Gasteiger partial charge in [0.2, 0.25) is 11.5 Å². The first-order valence-electron chi connectivity index (χ1n) is 4.35. The quantitative estimate of drug-likeness (QED) is 0.479. The number of hydrogen-bond donors (Lipinski definition) is 0.